The van der Waals surface area contributed by atoms with Crippen LogP contribution in [0.3, 0.4) is 0 Å². The highest BCUT2D eigenvalue weighted by Gasteiger charge is 2.06. The molecule has 0 atom stereocenters. The Balaban J connectivity index is 2.90. The number of hydrogen-bond acceptors (Lipinski definition) is 1. The van der Waals surface area contributed by atoms with Crippen LogP contribution in [0.15, 0.2) is 31.6 Å². The second-order valence-electron chi connectivity index (χ2n) is 2.90. The van der Waals surface area contributed by atoms with Gasteiger partial charge < -0.3 is 0 Å². The number of hydrogen-bond donors (Lipinski definition) is 0. The van der Waals surface area contributed by atoms with Crippen LogP contribution in [-0.4, -0.2) is 7.76 Å². The van der Waals surface area contributed by atoms with Crippen molar-refractivity contribution in [2.75, 3.05) is 0 Å². The molecule has 0 aliphatic rings. The molecule has 0 unspecified atom stereocenters. The standard InChI is InChI=1S/C11H9IN2/c1-3-8-5-6-10-11(9(8)4-2)13-7-14(10)12/h3-7H,1-2H2. The number of benzene rings is 1. The van der Waals surface area contributed by atoms with Gasteiger partial charge in [0.05, 0.1) is 33.9 Å². The summed E-state index contributed by atoms with van der Waals surface area (Å²) in [6.45, 7) is 7.57. The fourth-order valence-electron chi connectivity index (χ4n) is 1.48. The maximum atomic E-state index is 4.33. The van der Waals surface area contributed by atoms with Crippen molar-refractivity contribution in [3.05, 3.63) is 42.7 Å². The van der Waals surface area contributed by atoms with Crippen molar-refractivity contribution in [1.82, 2.24) is 7.76 Å². The summed E-state index contributed by atoms with van der Waals surface area (Å²) in [4.78, 5) is 4.33. The third-order valence-corrected chi connectivity index (χ3v) is 2.94. The van der Waals surface area contributed by atoms with Crippen molar-refractivity contribution in [2.45, 2.75) is 0 Å². The van der Waals surface area contributed by atoms with Gasteiger partial charge >= 0.3 is 0 Å². The SMILES string of the molecule is C=Cc1ccc2c(ncn2I)c1C=C. The lowest BCUT2D eigenvalue weighted by Gasteiger charge is -2.01. The molecular weight excluding hydrogens is 287 g/mol. The minimum atomic E-state index is 0.979. The van der Waals surface area contributed by atoms with Gasteiger partial charge in [0, 0.05) is 5.56 Å². The van der Waals surface area contributed by atoms with Crippen LogP contribution in [0.5, 0.6) is 0 Å². The molecule has 2 rings (SSSR count). The molecule has 2 nitrogen and oxygen atoms in total. The largest absolute Gasteiger partial charge is 0.271 e. The third-order valence-electron chi connectivity index (χ3n) is 2.17. The molecule has 0 aliphatic heterocycles. The van der Waals surface area contributed by atoms with E-state index in [1.54, 1.807) is 6.33 Å². The van der Waals surface area contributed by atoms with Crippen molar-refractivity contribution in [2.24, 2.45) is 0 Å². The Kier molecular flexibility index (Phi) is 2.41. The van der Waals surface area contributed by atoms with E-state index in [-0.39, 0.29) is 0 Å². The minimum Gasteiger partial charge on any atom is -0.271 e. The smallest absolute Gasteiger partial charge is 0.105 e. The molecule has 0 amide bonds. The van der Waals surface area contributed by atoms with Gasteiger partial charge in [-0.2, -0.15) is 0 Å². The second-order valence-corrected chi connectivity index (χ2v) is 3.94. The maximum Gasteiger partial charge on any atom is 0.105 e. The zero-order valence-corrected chi connectivity index (χ0v) is 9.73. The predicted octanol–water partition coefficient (Wildman–Crippen LogP) is 3.52. The number of fused-ring (bicyclic) bond motifs is 1. The van der Waals surface area contributed by atoms with E-state index in [4.69, 9.17) is 0 Å². The van der Waals surface area contributed by atoms with Crippen LogP contribution in [0, 0.1) is 0 Å². The Bertz CT molecular complexity index is 511. The van der Waals surface area contributed by atoms with Crippen LogP contribution >= 0.6 is 22.9 Å². The normalized spacial score (nSPS) is 10.4. The lowest BCUT2D eigenvalue weighted by Crippen LogP contribution is -1.83. The molecular formula is C11H9IN2. The fourth-order valence-corrected chi connectivity index (χ4v) is 2.00. The van der Waals surface area contributed by atoms with E-state index < -0.39 is 0 Å². The Morgan fingerprint density at radius 3 is 2.71 bits per heavy atom. The van der Waals surface area contributed by atoms with Gasteiger partial charge in [-0.15, -0.1) is 0 Å². The van der Waals surface area contributed by atoms with Crippen molar-refractivity contribution in [1.29, 1.82) is 0 Å². The van der Waals surface area contributed by atoms with E-state index in [1.165, 1.54) is 0 Å². The number of imidazole rings is 1. The van der Waals surface area contributed by atoms with Crippen LogP contribution in [0.2, 0.25) is 0 Å². The van der Waals surface area contributed by atoms with Crippen LogP contribution in [0.1, 0.15) is 11.1 Å². The zero-order chi connectivity index (χ0) is 10.1. The maximum absolute atomic E-state index is 4.33. The zero-order valence-electron chi connectivity index (χ0n) is 7.57. The predicted molar refractivity (Wildman–Crippen MR) is 69.3 cm³/mol. The minimum absolute atomic E-state index is 0.979. The van der Waals surface area contributed by atoms with E-state index in [1.807, 2.05) is 27.1 Å². The van der Waals surface area contributed by atoms with Gasteiger partial charge in [0.1, 0.15) is 6.33 Å². The third kappa shape index (κ3) is 1.28. The summed E-state index contributed by atoms with van der Waals surface area (Å²) in [6.07, 6.45) is 5.44. The molecule has 0 saturated carbocycles. The van der Waals surface area contributed by atoms with Crippen molar-refractivity contribution < 1.29 is 0 Å². The Hall–Kier alpha value is -1.10. The first-order valence-corrected chi connectivity index (χ1v) is 5.15. The summed E-state index contributed by atoms with van der Waals surface area (Å²) in [6, 6.07) is 4.07. The molecule has 0 N–H and O–H groups in total. The lowest BCUT2D eigenvalue weighted by molar-refractivity contribution is 1.31. The van der Waals surface area contributed by atoms with Crippen molar-refractivity contribution in [3.8, 4) is 0 Å². The van der Waals surface area contributed by atoms with Crippen LogP contribution in [0.25, 0.3) is 23.2 Å². The highest BCUT2D eigenvalue weighted by Crippen LogP contribution is 2.24. The molecule has 70 valence electrons. The van der Waals surface area contributed by atoms with E-state index in [2.05, 4.69) is 41.0 Å². The average molecular weight is 296 g/mol. The van der Waals surface area contributed by atoms with E-state index in [0.717, 1.165) is 22.2 Å². The average Bonchev–Trinajstić information content (AvgIpc) is 2.59. The summed E-state index contributed by atoms with van der Waals surface area (Å²) < 4.78 is 1.97. The van der Waals surface area contributed by atoms with Crippen molar-refractivity contribution >= 4 is 46.1 Å². The summed E-state index contributed by atoms with van der Waals surface area (Å²) in [5, 5.41) is 0. The van der Waals surface area contributed by atoms with E-state index in [0.29, 0.717) is 0 Å². The van der Waals surface area contributed by atoms with Crippen molar-refractivity contribution in [3.63, 3.8) is 0 Å². The van der Waals surface area contributed by atoms with Crippen LogP contribution < -0.4 is 0 Å². The molecule has 3 heteroatoms. The summed E-state index contributed by atoms with van der Waals surface area (Å²) in [5.74, 6) is 0. The van der Waals surface area contributed by atoms with Gasteiger partial charge in [0.15, 0.2) is 0 Å². The van der Waals surface area contributed by atoms with Gasteiger partial charge in [0.25, 0.3) is 0 Å². The summed E-state index contributed by atoms with van der Waals surface area (Å²) >= 11 is 2.20. The Morgan fingerprint density at radius 2 is 2.07 bits per heavy atom. The van der Waals surface area contributed by atoms with Gasteiger partial charge in [-0.05, 0) is 11.6 Å². The molecule has 1 heterocycles. The quantitative estimate of drug-likeness (QED) is 0.775. The van der Waals surface area contributed by atoms with Gasteiger partial charge in [0.2, 0.25) is 0 Å². The molecule has 1 aromatic carbocycles. The van der Waals surface area contributed by atoms with Gasteiger partial charge in [-0.25, -0.2) is 4.98 Å². The number of halogens is 1. The Labute approximate surface area is 96.5 Å². The molecule has 0 fully saturated rings. The summed E-state index contributed by atoms with van der Waals surface area (Å²) in [5.41, 5.74) is 4.20. The Morgan fingerprint density at radius 1 is 1.29 bits per heavy atom. The molecule has 0 radical (unpaired) electrons. The van der Waals surface area contributed by atoms with E-state index >= 15 is 0 Å². The molecule has 2 aromatic rings. The highest BCUT2D eigenvalue weighted by molar-refractivity contribution is 14.1. The highest BCUT2D eigenvalue weighted by atomic mass is 127. The van der Waals surface area contributed by atoms with Gasteiger partial charge in [-0.3, -0.25) is 2.78 Å². The monoisotopic (exact) mass is 296 g/mol. The first-order valence-electron chi connectivity index (χ1n) is 4.19. The molecule has 0 aliphatic carbocycles. The van der Waals surface area contributed by atoms with Crippen LogP contribution in [0.4, 0.5) is 0 Å². The lowest BCUT2D eigenvalue weighted by atomic mass is 10.1. The fraction of sp³-hybridized carbons (Fsp3) is 0. The topological polar surface area (TPSA) is 17.8 Å². The molecule has 0 spiro atoms. The first kappa shape index (κ1) is 9.45. The second kappa shape index (κ2) is 3.57. The van der Waals surface area contributed by atoms with Crippen LogP contribution in [-0.2, 0) is 0 Å². The molecule has 0 saturated heterocycles. The van der Waals surface area contributed by atoms with E-state index in [9.17, 15) is 0 Å². The molecule has 1 aromatic heterocycles. The first-order chi connectivity index (χ1) is 6.77. The number of aromatic nitrogens is 2. The number of rotatable bonds is 2. The molecule has 0 bridgehead atoms. The number of nitrogens with zero attached hydrogens (tertiary/aromatic N) is 2. The van der Waals surface area contributed by atoms with Gasteiger partial charge in [-0.1, -0.05) is 31.4 Å². The summed E-state index contributed by atoms with van der Waals surface area (Å²) in [7, 11) is 0. The molecule has 14 heavy (non-hydrogen) atoms.